The van der Waals surface area contributed by atoms with Gasteiger partial charge in [0.25, 0.3) is 0 Å². The summed E-state index contributed by atoms with van der Waals surface area (Å²) in [5.74, 6) is 2.08. The van der Waals surface area contributed by atoms with Crippen LogP contribution in [0.25, 0.3) is 0 Å². The van der Waals surface area contributed by atoms with Crippen molar-refractivity contribution in [2.24, 2.45) is 5.92 Å². The molecular formula is C24H25ClN2O4. The third-order valence-electron chi connectivity index (χ3n) is 6.42. The maximum atomic E-state index is 12.9. The van der Waals surface area contributed by atoms with Crippen molar-refractivity contribution in [3.8, 4) is 11.5 Å². The Bertz CT molecular complexity index is 974. The molecule has 0 aliphatic carbocycles. The first-order valence-corrected chi connectivity index (χ1v) is 11.1. The lowest BCUT2D eigenvalue weighted by molar-refractivity contribution is -0.140. The van der Waals surface area contributed by atoms with E-state index in [0.29, 0.717) is 49.3 Å². The molecule has 2 aromatic carbocycles. The molecule has 0 radical (unpaired) electrons. The molecular weight excluding hydrogens is 416 g/mol. The number of Topliss-reactive ketones (excluding diaryl/α,β-unsaturated/α-hetero) is 1. The van der Waals surface area contributed by atoms with Crippen molar-refractivity contribution < 1.29 is 19.1 Å². The average Bonchev–Trinajstić information content (AvgIpc) is 2.73. The van der Waals surface area contributed by atoms with Gasteiger partial charge in [0.1, 0.15) is 18.1 Å². The van der Waals surface area contributed by atoms with Crippen LogP contribution in [0.5, 0.6) is 11.5 Å². The monoisotopic (exact) mass is 440 g/mol. The highest BCUT2D eigenvalue weighted by Crippen LogP contribution is 2.33. The Hall–Kier alpha value is -2.57. The minimum Gasteiger partial charge on any atom is -0.457 e. The standard InChI is InChI=1S/C24H25ClN2O4/c25-19-2-1-3-22(11-19)31-21-6-4-16(5-7-21)18-13-27(14-18)24(29)26-9-8-23-17(12-26)10-20(28)15-30-23/h1-7,11,17-18,23H,8-10,12-15H2/t17-,23+/m1/s1. The van der Waals surface area contributed by atoms with E-state index in [1.54, 1.807) is 6.07 Å². The molecule has 162 valence electrons. The summed E-state index contributed by atoms with van der Waals surface area (Å²) in [5, 5.41) is 0.639. The molecule has 6 nitrogen and oxygen atoms in total. The first-order chi connectivity index (χ1) is 15.0. The van der Waals surface area contributed by atoms with Crippen molar-refractivity contribution in [3.63, 3.8) is 0 Å². The Morgan fingerprint density at radius 2 is 1.84 bits per heavy atom. The van der Waals surface area contributed by atoms with Gasteiger partial charge in [0.05, 0.1) is 6.10 Å². The van der Waals surface area contributed by atoms with Crippen molar-refractivity contribution in [3.05, 3.63) is 59.1 Å². The minimum atomic E-state index is 0.0774. The highest BCUT2D eigenvalue weighted by atomic mass is 35.5. The highest BCUT2D eigenvalue weighted by Gasteiger charge is 2.40. The van der Waals surface area contributed by atoms with E-state index in [9.17, 15) is 9.59 Å². The number of hydrogen-bond donors (Lipinski definition) is 0. The molecule has 31 heavy (non-hydrogen) atoms. The van der Waals surface area contributed by atoms with Crippen LogP contribution in [-0.4, -0.2) is 60.5 Å². The SMILES string of the molecule is O=C1CO[C@H]2CCN(C(=O)N3CC(c4ccc(Oc5cccc(Cl)c5)cc4)C3)C[C@H]2C1. The summed E-state index contributed by atoms with van der Waals surface area (Å²) in [6, 6.07) is 15.4. The Labute approximate surface area is 186 Å². The number of ether oxygens (including phenoxy) is 2. The van der Waals surface area contributed by atoms with Crippen molar-refractivity contribution in [2.75, 3.05) is 32.8 Å². The number of carbonyl (C=O) groups excluding carboxylic acids is 2. The Balaban J connectivity index is 1.13. The molecule has 0 bridgehead atoms. The molecule has 0 spiro atoms. The van der Waals surface area contributed by atoms with E-state index in [4.69, 9.17) is 21.1 Å². The Kier molecular flexibility index (Phi) is 5.59. The number of ketones is 1. The zero-order valence-electron chi connectivity index (χ0n) is 17.2. The second kappa shape index (κ2) is 8.52. The van der Waals surface area contributed by atoms with Crippen LogP contribution in [0.15, 0.2) is 48.5 Å². The summed E-state index contributed by atoms with van der Waals surface area (Å²) < 4.78 is 11.5. The van der Waals surface area contributed by atoms with Crippen molar-refractivity contribution in [1.82, 2.24) is 9.80 Å². The number of halogens is 1. The zero-order chi connectivity index (χ0) is 21.4. The van der Waals surface area contributed by atoms with Gasteiger partial charge in [0, 0.05) is 49.5 Å². The zero-order valence-corrected chi connectivity index (χ0v) is 18.0. The lowest BCUT2D eigenvalue weighted by atomic mass is 9.87. The van der Waals surface area contributed by atoms with E-state index >= 15 is 0 Å². The fraction of sp³-hybridized carbons (Fsp3) is 0.417. The van der Waals surface area contributed by atoms with E-state index in [-0.39, 0.29) is 30.4 Å². The predicted octanol–water partition coefficient (Wildman–Crippen LogP) is 4.33. The van der Waals surface area contributed by atoms with Crippen LogP contribution in [0, 0.1) is 5.92 Å². The molecule has 0 unspecified atom stereocenters. The third kappa shape index (κ3) is 4.41. The molecule has 3 aliphatic rings. The normalized spacial score (nSPS) is 23.8. The Morgan fingerprint density at radius 3 is 2.61 bits per heavy atom. The molecule has 2 aromatic rings. The molecule has 3 fully saturated rings. The summed E-state index contributed by atoms with van der Waals surface area (Å²) in [6.45, 7) is 2.98. The fourth-order valence-electron chi connectivity index (χ4n) is 4.67. The van der Waals surface area contributed by atoms with Crippen molar-refractivity contribution in [1.29, 1.82) is 0 Å². The number of nitrogens with zero attached hydrogens (tertiary/aromatic N) is 2. The summed E-state index contributed by atoms with van der Waals surface area (Å²) in [4.78, 5) is 28.4. The second-order valence-corrected chi connectivity index (χ2v) is 9.04. The average molecular weight is 441 g/mol. The number of piperidine rings is 1. The van der Waals surface area contributed by atoms with Crippen molar-refractivity contribution >= 4 is 23.4 Å². The largest absolute Gasteiger partial charge is 0.457 e. The lowest BCUT2D eigenvalue weighted by Crippen LogP contribution is -2.58. The first-order valence-electron chi connectivity index (χ1n) is 10.8. The second-order valence-electron chi connectivity index (χ2n) is 8.60. The van der Waals surface area contributed by atoms with Gasteiger partial charge in [-0.3, -0.25) is 4.79 Å². The molecule has 2 atom stereocenters. The molecule has 3 heterocycles. The van der Waals surface area contributed by atoms with E-state index < -0.39 is 0 Å². The number of amides is 2. The number of hydrogen-bond acceptors (Lipinski definition) is 4. The quantitative estimate of drug-likeness (QED) is 0.712. The van der Waals surface area contributed by atoms with Gasteiger partial charge in [-0.05, 0) is 42.3 Å². The highest BCUT2D eigenvalue weighted by molar-refractivity contribution is 6.30. The van der Waals surface area contributed by atoms with Crippen LogP contribution in [0.4, 0.5) is 4.79 Å². The summed E-state index contributed by atoms with van der Waals surface area (Å²) >= 11 is 6.00. The summed E-state index contributed by atoms with van der Waals surface area (Å²) in [5.41, 5.74) is 1.20. The van der Waals surface area contributed by atoms with Gasteiger partial charge in [-0.2, -0.15) is 0 Å². The van der Waals surface area contributed by atoms with Gasteiger partial charge >= 0.3 is 6.03 Å². The number of rotatable bonds is 3. The van der Waals surface area contributed by atoms with E-state index in [2.05, 4.69) is 12.1 Å². The number of fused-ring (bicyclic) bond motifs is 1. The first kappa shape index (κ1) is 20.3. The van der Waals surface area contributed by atoms with Crippen LogP contribution in [0.2, 0.25) is 5.02 Å². The predicted molar refractivity (Wildman–Crippen MR) is 117 cm³/mol. The van der Waals surface area contributed by atoms with Crippen LogP contribution >= 0.6 is 11.6 Å². The molecule has 7 heteroatoms. The number of likely N-dealkylation sites (tertiary alicyclic amines) is 2. The molecule has 2 amide bonds. The number of carbonyl (C=O) groups is 2. The molecule has 0 saturated carbocycles. The van der Waals surface area contributed by atoms with E-state index in [0.717, 1.165) is 12.2 Å². The molecule has 5 rings (SSSR count). The van der Waals surface area contributed by atoms with E-state index in [1.807, 2.05) is 40.1 Å². The van der Waals surface area contributed by atoms with Gasteiger partial charge < -0.3 is 19.3 Å². The minimum absolute atomic E-state index is 0.0774. The summed E-state index contributed by atoms with van der Waals surface area (Å²) in [7, 11) is 0. The van der Waals surface area contributed by atoms with Gasteiger partial charge in [-0.1, -0.05) is 29.8 Å². The molecule has 0 N–H and O–H groups in total. The smallest absolute Gasteiger partial charge is 0.320 e. The van der Waals surface area contributed by atoms with Gasteiger partial charge in [-0.15, -0.1) is 0 Å². The van der Waals surface area contributed by atoms with Crippen LogP contribution in [-0.2, 0) is 9.53 Å². The maximum absolute atomic E-state index is 12.9. The third-order valence-corrected chi connectivity index (χ3v) is 6.65. The summed E-state index contributed by atoms with van der Waals surface area (Å²) in [6.07, 6.45) is 1.47. The van der Waals surface area contributed by atoms with E-state index in [1.165, 1.54) is 5.56 Å². The number of urea groups is 1. The Morgan fingerprint density at radius 1 is 1.03 bits per heavy atom. The molecule has 3 aliphatic heterocycles. The maximum Gasteiger partial charge on any atom is 0.320 e. The molecule has 0 aromatic heterocycles. The van der Waals surface area contributed by atoms with Crippen LogP contribution in [0.3, 0.4) is 0 Å². The van der Waals surface area contributed by atoms with Crippen molar-refractivity contribution in [2.45, 2.75) is 24.9 Å². The van der Waals surface area contributed by atoms with Gasteiger partial charge in [0.2, 0.25) is 0 Å². The lowest BCUT2D eigenvalue weighted by Gasteiger charge is -2.46. The topological polar surface area (TPSA) is 59.1 Å². The number of benzene rings is 2. The van der Waals surface area contributed by atoms with Gasteiger partial charge in [-0.25, -0.2) is 4.79 Å². The van der Waals surface area contributed by atoms with Crippen LogP contribution < -0.4 is 4.74 Å². The van der Waals surface area contributed by atoms with Crippen LogP contribution in [0.1, 0.15) is 24.3 Å². The fourth-order valence-corrected chi connectivity index (χ4v) is 4.85. The van der Waals surface area contributed by atoms with Gasteiger partial charge in [0.15, 0.2) is 5.78 Å². The molecule has 3 saturated heterocycles.